The van der Waals surface area contributed by atoms with Crippen molar-refractivity contribution < 1.29 is 19.1 Å². The van der Waals surface area contributed by atoms with E-state index in [1.54, 1.807) is 19.2 Å². The van der Waals surface area contributed by atoms with E-state index in [4.69, 9.17) is 9.47 Å². The average Bonchev–Trinajstić information content (AvgIpc) is 3.34. The number of carbonyl (C=O) groups excluding carboxylic acids is 2. The molecule has 6 heteroatoms. The molecular weight excluding hydrogens is 452 g/mol. The van der Waals surface area contributed by atoms with Crippen LogP contribution in [0.5, 0.6) is 5.75 Å². The summed E-state index contributed by atoms with van der Waals surface area (Å²) >= 11 is 0. The Morgan fingerprint density at radius 3 is 2.47 bits per heavy atom. The largest absolute Gasteiger partial charge is 0.497 e. The molecule has 1 fully saturated rings. The maximum absolute atomic E-state index is 13.9. The first kappa shape index (κ1) is 22.4. The first-order valence-corrected chi connectivity index (χ1v) is 12.3. The number of fused-ring (bicyclic) bond motifs is 3. The van der Waals surface area contributed by atoms with Gasteiger partial charge in [-0.05, 0) is 36.8 Å². The van der Waals surface area contributed by atoms with Gasteiger partial charge in [-0.3, -0.25) is 4.79 Å². The molecule has 182 valence electrons. The van der Waals surface area contributed by atoms with Crippen molar-refractivity contribution in [2.24, 2.45) is 0 Å². The number of carbonyl (C=O) groups is 2. The molecule has 6 rings (SSSR count). The highest BCUT2D eigenvalue weighted by Crippen LogP contribution is 2.45. The van der Waals surface area contributed by atoms with E-state index in [0.717, 1.165) is 27.7 Å². The van der Waals surface area contributed by atoms with Crippen LogP contribution in [0, 0.1) is 6.92 Å². The fraction of sp³-hybridized carbons (Fsp3) is 0.267. The zero-order chi connectivity index (χ0) is 24.9. The fourth-order valence-electron chi connectivity index (χ4n) is 5.76. The van der Waals surface area contributed by atoms with E-state index < -0.39 is 5.60 Å². The SMILES string of the molecule is COc1ccc2c(c1)C1(CCN(C(=O)c3c(C)n(Cc4ccccc4)c4ccccc34)CC1)OC2=O. The lowest BCUT2D eigenvalue weighted by Crippen LogP contribution is -2.45. The Morgan fingerprint density at radius 2 is 1.72 bits per heavy atom. The van der Waals surface area contributed by atoms with Gasteiger partial charge >= 0.3 is 5.97 Å². The monoisotopic (exact) mass is 480 g/mol. The lowest BCUT2D eigenvalue weighted by atomic mass is 9.83. The Balaban J connectivity index is 1.30. The Morgan fingerprint density at radius 1 is 1.00 bits per heavy atom. The van der Waals surface area contributed by atoms with E-state index in [1.165, 1.54) is 5.56 Å². The molecule has 0 saturated carbocycles. The van der Waals surface area contributed by atoms with Gasteiger partial charge in [0.1, 0.15) is 11.4 Å². The minimum atomic E-state index is -0.700. The van der Waals surface area contributed by atoms with Crippen molar-refractivity contribution in [3.63, 3.8) is 0 Å². The van der Waals surface area contributed by atoms with Gasteiger partial charge in [0.25, 0.3) is 5.91 Å². The zero-order valence-corrected chi connectivity index (χ0v) is 20.5. The quantitative estimate of drug-likeness (QED) is 0.372. The lowest BCUT2D eigenvalue weighted by molar-refractivity contribution is -0.0390. The minimum absolute atomic E-state index is 0.0283. The van der Waals surface area contributed by atoms with Gasteiger partial charge < -0.3 is 18.9 Å². The highest BCUT2D eigenvalue weighted by molar-refractivity contribution is 6.08. The molecule has 4 aromatic rings. The maximum Gasteiger partial charge on any atom is 0.339 e. The summed E-state index contributed by atoms with van der Waals surface area (Å²) in [5.41, 5.74) is 4.73. The van der Waals surface area contributed by atoms with Crippen LogP contribution in [0.2, 0.25) is 0 Å². The summed E-state index contributed by atoms with van der Waals surface area (Å²) in [6.07, 6.45) is 1.12. The summed E-state index contributed by atoms with van der Waals surface area (Å²) in [7, 11) is 1.61. The first-order chi connectivity index (χ1) is 17.5. The van der Waals surface area contributed by atoms with Gasteiger partial charge in [-0.25, -0.2) is 4.79 Å². The molecule has 0 bridgehead atoms. The smallest absolute Gasteiger partial charge is 0.339 e. The number of ether oxygens (including phenoxy) is 2. The van der Waals surface area contributed by atoms with E-state index in [9.17, 15) is 9.59 Å². The van der Waals surface area contributed by atoms with Crippen LogP contribution >= 0.6 is 0 Å². The van der Waals surface area contributed by atoms with Crippen LogP contribution in [-0.2, 0) is 16.9 Å². The van der Waals surface area contributed by atoms with Crippen molar-refractivity contribution in [1.82, 2.24) is 9.47 Å². The van der Waals surface area contributed by atoms with E-state index in [1.807, 2.05) is 54.3 Å². The van der Waals surface area contributed by atoms with Crippen LogP contribution in [0.4, 0.5) is 0 Å². The molecule has 1 spiro atoms. The summed E-state index contributed by atoms with van der Waals surface area (Å²) in [6, 6.07) is 23.9. The summed E-state index contributed by atoms with van der Waals surface area (Å²) < 4.78 is 13.5. The number of likely N-dealkylation sites (tertiary alicyclic amines) is 1. The molecule has 6 nitrogen and oxygen atoms in total. The molecule has 0 aliphatic carbocycles. The van der Waals surface area contributed by atoms with Crippen molar-refractivity contribution in [2.45, 2.75) is 31.9 Å². The molecule has 3 heterocycles. The molecule has 2 aliphatic heterocycles. The maximum atomic E-state index is 13.9. The van der Waals surface area contributed by atoms with Crippen molar-refractivity contribution in [3.05, 3.63) is 101 Å². The van der Waals surface area contributed by atoms with Crippen LogP contribution in [-0.4, -0.2) is 41.5 Å². The molecule has 0 unspecified atom stereocenters. The van der Waals surface area contributed by atoms with Gasteiger partial charge in [-0.1, -0.05) is 48.5 Å². The number of amides is 1. The first-order valence-electron chi connectivity index (χ1n) is 12.3. The third-order valence-corrected chi connectivity index (χ3v) is 7.71. The van der Waals surface area contributed by atoms with E-state index in [2.05, 4.69) is 22.8 Å². The molecule has 1 amide bonds. The van der Waals surface area contributed by atoms with E-state index >= 15 is 0 Å². The van der Waals surface area contributed by atoms with Gasteiger partial charge in [-0.15, -0.1) is 0 Å². The van der Waals surface area contributed by atoms with Crippen LogP contribution < -0.4 is 4.74 Å². The number of hydrogen-bond acceptors (Lipinski definition) is 4. The second-order valence-electron chi connectivity index (χ2n) is 9.64. The van der Waals surface area contributed by atoms with Crippen molar-refractivity contribution >= 4 is 22.8 Å². The van der Waals surface area contributed by atoms with Crippen LogP contribution in [0.3, 0.4) is 0 Å². The highest BCUT2D eigenvalue weighted by Gasteiger charge is 2.48. The molecule has 1 saturated heterocycles. The van der Waals surface area contributed by atoms with E-state index in [-0.39, 0.29) is 11.9 Å². The predicted octanol–water partition coefficient (Wildman–Crippen LogP) is 5.31. The number of methoxy groups -OCH3 is 1. The third kappa shape index (κ3) is 3.48. The standard InChI is InChI=1S/C30H28N2O4/c1-20-27(24-10-6-7-11-26(24)32(20)19-21-8-4-3-5-9-21)28(33)31-16-14-30(15-17-31)25-18-22(35-2)12-13-23(25)29(34)36-30/h3-13,18H,14-17,19H2,1-2H3. The van der Waals surface area contributed by atoms with Gasteiger partial charge in [0.15, 0.2) is 0 Å². The number of rotatable bonds is 4. The number of esters is 1. The van der Waals surface area contributed by atoms with Crippen molar-refractivity contribution in [1.29, 1.82) is 0 Å². The van der Waals surface area contributed by atoms with Gasteiger partial charge in [0.05, 0.1) is 18.2 Å². The van der Waals surface area contributed by atoms with Crippen LogP contribution in [0.25, 0.3) is 10.9 Å². The second-order valence-corrected chi connectivity index (χ2v) is 9.64. The minimum Gasteiger partial charge on any atom is -0.497 e. The normalized spacial score (nSPS) is 16.3. The summed E-state index contributed by atoms with van der Waals surface area (Å²) in [6.45, 7) is 3.77. The summed E-state index contributed by atoms with van der Waals surface area (Å²) in [4.78, 5) is 28.4. The lowest BCUT2D eigenvalue weighted by Gasteiger charge is -2.38. The van der Waals surface area contributed by atoms with Crippen molar-refractivity contribution in [2.75, 3.05) is 20.2 Å². The van der Waals surface area contributed by atoms with Crippen LogP contribution in [0.1, 0.15) is 50.4 Å². The Hall–Kier alpha value is -4.06. The molecule has 1 aromatic heterocycles. The number of aromatic nitrogens is 1. The molecular formula is C30H28N2O4. The predicted molar refractivity (Wildman–Crippen MR) is 137 cm³/mol. The fourth-order valence-corrected chi connectivity index (χ4v) is 5.76. The second kappa shape index (κ2) is 8.55. The molecule has 0 N–H and O–H groups in total. The number of hydrogen-bond donors (Lipinski definition) is 0. The summed E-state index contributed by atoms with van der Waals surface area (Å²) in [5, 5.41) is 0.971. The Kier molecular flexibility index (Phi) is 5.32. The van der Waals surface area contributed by atoms with Gasteiger partial charge in [0.2, 0.25) is 0 Å². The number of piperidine rings is 1. The third-order valence-electron chi connectivity index (χ3n) is 7.71. The van der Waals surface area contributed by atoms with Crippen LogP contribution in [0.15, 0.2) is 72.8 Å². The van der Waals surface area contributed by atoms with Gasteiger partial charge in [0, 0.05) is 54.6 Å². The molecule has 0 radical (unpaired) electrons. The molecule has 3 aromatic carbocycles. The Labute approximate surface area is 210 Å². The van der Waals surface area contributed by atoms with Gasteiger partial charge in [-0.2, -0.15) is 0 Å². The molecule has 2 aliphatic rings. The highest BCUT2D eigenvalue weighted by atomic mass is 16.6. The summed E-state index contributed by atoms with van der Waals surface area (Å²) in [5.74, 6) is 0.430. The van der Waals surface area contributed by atoms with E-state index in [0.29, 0.717) is 43.8 Å². The average molecular weight is 481 g/mol. The molecule has 36 heavy (non-hydrogen) atoms. The molecule has 0 atom stereocenters. The Bertz CT molecular complexity index is 1480. The topological polar surface area (TPSA) is 60.8 Å². The number of nitrogens with zero attached hydrogens (tertiary/aromatic N) is 2. The zero-order valence-electron chi connectivity index (χ0n) is 20.5. The number of benzene rings is 3. The van der Waals surface area contributed by atoms with Crippen molar-refractivity contribution in [3.8, 4) is 5.75 Å². The number of para-hydroxylation sites is 1.